The summed E-state index contributed by atoms with van der Waals surface area (Å²) < 4.78 is 38.1. The second-order valence-electron chi connectivity index (χ2n) is 2.90. The standard InChI is InChI=1S/C7H5F3N4S/c1-3-2-4-11-5(7(8,9)10)12-6(15)14(4)13-3/h2H,1H3,(H,11,12,15). The maximum atomic E-state index is 12.3. The summed E-state index contributed by atoms with van der Waals surface area (Å²) in [5.41, 5.74) is 0.638. The van der Waals surface area contributed by atoms with E-state index in [0.29, 0.717) is 5.69 Å². The first-order chi connectivity index (χ1) is 6.88. The number of aromatic nitrogens is 4. The Morgan fingerprint density at radius 1 is 1.33 bits per heavy atom. The molecule has 0 aliphatic carbocycles. The molecule has 0 spiro atoms. The smallest absolute Gasteiger partial charge is 0.205 e. The van der Waals surface area contributed by atoms with Crippen molar-refractivity contribution in [1.82, 2.24) is 19.6 Å². The van der Waals surface area contributed by atoms with E-state index >= 15 is 0 Å². The van der Waals surface area contributed by atoms with Crippen molar-refractivity contribution in [2.75, 3.05) is 0 Å². The van der Waals surface area contributed by atoms with Crippen LogP contribution in [0.25, 0.3) is 5.65 Å². The van der Waals surface area contributed by atoms with E-state index in [1.54, 1.807) is 6.92 Å². The molecule has 0 aliphatic heterocycles. The minimum atomic E-state index is -4.57. The van der Waals surface area contributed by atoms with Crippen LogP contribution in [0, 0.1) is 6.92 Å². The van der Waals surface area contributed by atoms with Crippen LogP contribution in [0.3, 0.4) is 0 Å². The first-order valence-corrected chi connectivity index (χ1v) is 4.33. The van der Waals surface area contributed by atoms with E-state index in [1.807, 2.05) is 0 Å². The Bertz CT molecular complexity index is 519. The van der Waals surface area contributed by atoms with E-state index in [2.05, 4.69) is 27.7 Å². The fourth-order valence-corrected chi connectivity index (χ4v) is 1.36. The SMILES string of the molecule is Cc1cc2nc(C(F)(F)F)nc(S)n2n1. The number of hydrogen-bond donors (Lipinski definition) is 1. The van der Waals surface area contributed by atoms with Gasteiger partial charge in [-0.25, -0.2) is 4.98 Å². The molecule has 4 nitrogen and oxygen atoms in total. The van der Waals surface area contributed by atoms with Crippen LogP contribution in [0.2, 0.25) is 0 Å². The van der Waals surface area contributed by atoms with Gasteiger partial charge in [0.25, 0.3) is 0 Å². The molecule has 0 amide bonds. The lowest BCUT2D eigenvalue weighted by atomic mass is 10.5. The van der Waals surface area contributed by atoms with Gasteiger partial charge in [0.1, 0.15) is 0 Å². The number of nitrogens with zero attached hydrogens (tertiary/aromatic N) is 4. The van der Waals surface area contributed by atoms with Gasteiger partial charge in [0.05, 0.1) is 5.69 Å². The Morgan fingerprint density at radius 3 is 2.60 bits per heavy atom. The van der Waals surface area contributed by atoms with Crippen molar-refractivity contribution in [3.8, 4) is 0 Å². The van der Waals surface area contributed by atoms with E-state index in [1.165, 1.54) is 6.07 Å². The fraction of sp³-hybridized carbons (Fsp3) is 0.286. The normalized spacial score (nSPS) is 12.3. The summed E-state index contributed by atoms with van der Waals surface area (Å²) in [5, 5.41) is 3.75. The first kappa shape index (κ1) is 10.2. The molecule has 0 saturated heterocycles. The molecule has 15 heavy (non-hydrogen) atoms. The zero-order valence-corrected chi connectivity index (χ0v) is 8.34. The molecule has 2 aromatic heterocycles. The lowest BCUT2D eigenvalue weighted by Crippen LogP contribution is -2.13. The average Bonchev–Trinajstić information content (AvgIpc) is 2.44. The van der Waals surface area contributed by atoms with Gasteiger partial charge in [0.2, 0.25) is 5.82 Å². The van der Waals surface area contributed by atoms with Crippen LogP contribution >= 0.6 is 12.6 Å². The number of thiol groups is 1. The molecule has 80 valence electrons. The van der Waals surface area contributed by atoms with Crippen LogP contribution in [-0.4, -0.2) is 19.6 Å². The van der Waals surface area contributed by atoms with Crippen LogP contribution in [0.4, 0.5) is 13.2 Å². The molecule has 0 N–H and O–H groups in total. The fourth-order valence-electron chi connectivity index (χ4n) is 1.11. The predicted octanol–water partition coefficient (Wildman–Crippen LogP) is 1.74. The Morgan fingerprint density at radius 2 is 2.00 bits per heavy atom. The zero-order chi connectivity index (χ0) is 11.2. The summed E-state index contributed by atoms with van der Waals surface area (Å²) >= 11 is 3.81. The number of hydrogen-bond acceptors (Lipinski definition) is 4. The molecule has 0 atom stereocenters. The van der Waals surface area contributed by atoms with Gasteiger partial charge in [-0.05, 0) is 6.92 Å². The maximum absolute atomic E-state index is 12.3. The van der Waals surface area contributed by atoms with Crippen LogP contribution < -0.4 is 0 Å². The molecule has 2 aromatic rings. The third kappa shape index (κ3) is 1.76. The monoisotopic (exact) mass is 234 g/mol. The van der Waals surface area contributed by atoms with Crippen LogP contribution in [0.15, 0.2) is 11.2 Å². The van der Waals surface area contributed by atoms with Gasteiger partial charge in [0.15, 0.2) is 10.8 Å². The van der Waals surface area contributed by atoms with Gasteiger partial charge in [-0.2, -0.15) is 27.8 Å². The van der Waals surface area contributed by atoms with Gasteiger partial charge in [-0.1, -0.05) is 0 Å². The quantitative estimate of drug-likeness (QED) is 0.706. The van der Waals surface area contributed by atoms with Crippen LogP contribution in [-0.2, 0) is 6.18 Å². The van der Waals surface area contributed by atoms with Gasteiger partial charge in [0, 0.05) is 6.07 Å². The van der Waals surface area contributed by atoms with E-state index in [0.717, 1.165) is 4.52 Å². The highest BCUT2D eigenvalue weighted by Crippen LogP contribution is 2.27. The van der Waals surface area contributed by atoms with Gasteiger partial charge in [-0.3, -0.25) is 0 Å². The number of alkyl halides is 3. The molecule has 0 radical (unpaired) electrons. The summed E-state index contributed by atoms with van der Waals surface area (Å²) in [7, 11) is 0. The number of fused-ring (bicyclic) bond motifs is 1. The summed E-state index contributed by atoms with van der Waals surface area (Å²) in [6, 6.07) is 1.43. The topological polar surface area (TPSA) is 43.1 Å². The highest BCUT2D eigenvalue weighted by atomic mass is 32.1. The average molecular weight is 234 g/mol. The van der Waals surface area contributed by atoms with Crippen molar-refractivity contribution >= 4 is 18.3 Å². The molecule has 0 aliphatic rings. The predicted molar refractivity (Wildman–Crippen MR) is 47.8 cm³/mol. The number of aryl methyl sites for hydroxylation is 1. The highest BCUT2D eigenvalue weighted by Gasteiger charge is 2.35. The third-order valence-corrected chi connectivity index (χ3v) is 1.97. The maximum Gasteiger partial charge on any atom is 0.451 e. The van der Waals surface area contributed by atoms with Crippen molar-refractivity contribution in [3.05, 3.63) is 17.6 Å². The van der Waals surface area contributed by atoms with E-state index in [4.69, 9.17) is 0 Å². The van der Waals surface area contributed by atoms with Crippen molar-refractivity contribution in [3.63, 3.8) is 0 Å². The summed E-state index contributed by atoms with van der Waals surface area (Å²) in [6.45, 7) is 1.65. The first-order valence-electron chi connectivity index (χ1n) is 3.88. The van der Waals surface area contributed by atoms with Crippen LogP contribution in [0.1, 0.15) is 11.5 Å². The van der Waals surface area contributed by atoms with Crippen molar-refractivity contribution in [2.45, 2.75) is 18.3 Å². The molecule has 0 fully saturated rings. The molecule has 2 rings (SSSR count). The molecule has 0 aromatic carbocycles. The highest BCUT2D eigenvalue weighted by molar-refractivity contribution is 7.80. The Labute approximate surface area is 87.6 Å². The molecule has 0 unspecified atom stereocenters. The lowest BCUT2D eigenvalue weighted by molar-refractivity contribution is -0.145. The summed E-state index contributed by atoms with van der Waals surface area (Å²) in [4.78, 5) is 6.56. The second kappa shape index (κ2) is 3.09. The van der Waals surface area contributed by atoms with E-state index in [-0.39, 0.29) is 10.8 Å². The number of rotatable bonds is 0. The van der Waals surface area contributed by atoms with Gasteiger partial charge in [-0.15, -0.1) is 12.6 Å². The lowest BCUT2D eigenvalue weighted by Gasteiger charge is -2.05. The van der Waals surface area contributed by atoms with Crippen molar-refractivity contribution in [1.29, 1.82) is 0 Å². The molecular formula is C7H5F3N4S. The minimum Gasteiger partial charge on any atom is -0.205 e. The zero-order valence-electron chi connectivity index (χ0n) is 7.45. The minimum absolute atomic E-state index is 0.0832. The summed E-state index contributed by atoms with van der Waals surface area (Å²) in [6.07, 6.45) is -4.57. The van der Waals surface area contributed by atoms with Gasteiger partial charge < -0.3 is 0 Å². The third-order valence-electron chi connectivity index (χ3n) is 1.68. The van der Waals surface area contributed by atoms with E-state index in [9.17, 15) is 13.2 Å². The summed E-state index contributed by atoms with van der Waals surface area (Å²) in [5.74, 6) is -1.21. The Hall–Kier alpha value is -1.31. The second-order valence-corrected chi connectivity index (χ2v) is 3.30. The molecule has 8 heteroatoms. The molecular weight excluding hydrogens is 229 g/mol. The van der Waals surface area contributed by atoms with Crippen molar-refractivity contribution in [2.24, 2.45) is 0 Å². The molecule has 0 saturated carbocycles. The Kier molecular flexibility index (Phi) is 2.10. The molecule has 0 bridgehead atoms. The molecule has 2 heterocycles. The Balaban J connectivity index is 2.72. The van der Waals surface area contributed by atoms with E-state index < -0.39 is 12.0 Å². The van der Waals surface area contributed by atoms with Gasteiger partial charge >= 0.3 is 6.18 Å². The largest absolute Gasteiger partial charge is 0.451 e. The van der Waals surface area contributed by atoms with Crippen LogP contribution in [0.5, 0.6) is 0 Å². The number of halogens is 3. The van der Waals surface area contributed by atoms with Crippen molar-refractivity contribution < 1.29 is 13.2 Å².